The van der Waals surface area contributed by atoms with Gasteiger partial charge in [0.15, 0.2) is 0 Å². The maximum atomic E-state index is 13.8. The summed E-state index contributed by atoms with van der Waals surface area (Å²) in [5.41, 5.74) is 2.95. The van der Waals surface area contributed by atoms with Crippen molar-refractivity contribution in [3.8, 4) is 12.1 Å². The maximum Gasteiger partial charge on any atom is 0.126 e. The third-order valence-electron chi connectivity index (χ3n) is 5.46. The van der Waals surface area contributed by atoms with Gasteiger partial charge in [-0.05, 0) is 66.4 Å². The Morgan fingerprint density at radius 1 is 0.938 bits per heavy atom. The molecule has 0 saturated carbocycles. The summed E-state index contributed by atoms with van der Waals surface area (Å²) in [5, 5.41) is 22.7. The SMILES string of the molecule is C[C@H](NC(CC#N)c1cc(F)cc(F)c1)[C@@H](Cc1ccc(Cl)cc1)c1cccc(C#N)c1. The van der Waals surface area contributed by atoms with Gasteiger partial charge in [-0.15, -0.1) is 0 Å². The van der Waals surface area contributed by atoms with Gasteiger partial charge in [0, 0.05) is 29.1 Å². The number of nitrogens with one attached hydrogen (secondary N) is 1. The summed E-state index contributed by atoms with van der Waals surface area (Å²) in [6.45, 7) is 1.97. The highest BCUT2D eigenvalue weighted by molar-refractivity contribution is 6.30. The largest absolute Gasteiger partial charge is 0.306 e. The Kier molecular flexibility index (Phi) is 7.95. The van der Waals surface area contributed by atoms with E-state index < -0.39 is 17.7 Å². The number of halogens is 3. The van der Waals surface area contributed by atoms with Crippen LogP contribution in [0.4, 0.5) is 8.78 Å². The minimum Gasteiger partial charge on any atom is -0.306 e. The first kappa shape index (κ1) is 23.4. The van der Waals surface area contributed by atoms with Crippen LogP contribution in [0.25, 0.3) is 0 Å². The topological polar surface area (TPSA) is 59.6 Å². The van der Waals surface area contributed by atoms with Gasteiger partial charge in [-0.2, -0.15) is 10.5 Å². The molecule has 3 atom stereocenters. The summed E-state index contributed by atoms with van der Waals surface area (Å²) in [6.07, 6.45) is 0.705. The lowest BCUT2D eigenvalue weighted by Gasteiger charge is -2.30. The zero-order valence-electron chi connectivity index (χ0n) is 17.5. The molecule has 0 radical (unpaired) electrons. The molecule has 3 rings (SSSR count). The average Bonchev–Trinajstić information content (AvgIpc) is 2.77. The second kappa shape index (κ2) is 10.9. The Morgan fingerprint density at radius 3 is 2.25 bits per heavy atom. The highest BCUT2D eigenvalue weighted by atomic mass is 35.5. The number of hydrogen-bond acceptors (Lipinski definition) is 3. The summed E-state index contributed by atoms with van der Waals surface area (Å²) < 4.78 is 27.6. The van der Waals surface area contributed by atoms with Crippen molar-refractivity contribution in [1.29, 1.82) is 10.5 Å². The van der Waals surface area contributed by atoms with Crippen LogP contribution in [-0.4, -0.2) is 6.04 Å². The minimum atomic E-state index is -0.683. The molecule has 3 aromatic carbocycles. The van der Waals surface area contributed by atoms with Crippen LogP contribution in [0.1, 0.15) is 47.6 Å². The fourth-order valence-electron chi connectivity index (χ4n) is 3.87. The minimum absolute atomic E-state index is 0.0547. The van der Waals surface area contributed by atoms with Crippen molar-refractivity contribution in [2.24, 2.45) is 0 Å². The van der Waals surface area contributed by atoms with E-state index in [1.165, 1.54) is 12.1 Å². The fraction of sp³-hybridized carbons (Fsp3) is 0.231. The van der Waals surface area contributed by atoms with Crippen molar-refractivity contribution in [2.75, 3.05) is 0 Å². The quantitative estimate of drug-likeness (QED) is 0.430. The third kappa shape index (κ3) is 6.14. The lowest BCUT2D eigenvalue weighted by atomic mass is 9.85. The number of nitrogens with zero attached hydrogens (tertiary/aromatic N) is 2. The van der Waals surface area contributed by atoms with E-state index in [1.807, 2.05) is 49.4 Å². The lowest BCUT2D eigenvalue weighted by molar-refractivity contribution is 0.399. The summed E-state index contributed by atoms with van der Waals surface area (Å²) >= 11 is 6.02. The van der Waals surface area contributed by atoms with Gasteiger partial charge in [0.25, 0.3) is 0 Å². The van der Waals surface area contributed by atoms with Crippen molar-refractivity contribution in [3.05, 3.63) is 106 Å². The summed E-state index contributed by atoms with van der Waals surface area (Å²) in [5.74, 6) is -1.43. The van der Waals surface area contributed by atoms with Crippen molar-refractivity contribution >= 4 is 11.6 Å². The summed E-state index contributed by atoms with van der Waals surface area (Å²) in [4.78, 5) is 0. The normalized spacial score (nSPS) is 13.6. The molecule has 0 spiro atoms. The van der Waals surface area contributed by atoms with Gasteiger partial charge in [-0.3, -0.25) is 0 Å². The van der Waals surface area contributed by atoms with Crippen LogP contribution < -0.4 is 5.32 Å². The zero-order valence-corrected chi connectivity index (χ0v) is 18.3. The summed E-state index contributed by atoms with van der Waals surface area (Å²) in [7, 11) is 0. The van der Waals surface area contributed by atoms with Gasteiger partial charge in [0.1, 0.15) is 11.6 Å². The predicted octanol–water partition coefficient (Wildman–Crippen LogP) is 6.45. The van der Waals surface area contributed by atoms with Gasteiger partial charge >= 0.3 is 0 Å². The molecule has 0 aliphatic rings. The van der Waals surface area contributed by atoms with Crippen LogP contribution in [-0.2, 0) is 6.42 Å². The standard InChI is InChI=1S/C26H22ClF2N3/c1-17(32-26(9-10-30)21-13-23(28)15-24(29)14-21)25(12-18-5-7-22(27)8-6-18)20-4-2-3-19(11-20)16-31/h2-8,11,13-15,17,25-26,32H,9,12H2,1H3/t17-,25+,26?/m0/s1. The molecule has 32 heavy (non-hydrogen) atoms. The number of rotatable bonds is 8. The first-order valence-corrected chi connectivity index (χ1v) is 10.6. The second-order valence-electron chi connectivity index (χ2n) is 7.75. The second-order valence-corrected chi connectivity index (χ2v) is 8.18. The van der Waals surface area contributed by atoms with E-state index in [-0.39, 0.29) is 18.4 Å². The monoisotopic (exact) mass is 449 g/mol. The van der Waals surface area contributed by atoms with Gasteiger partial charge in [-0.1, -0.05) is 35.9 Å². The molecule has 0 saturated heterocycles. The molecular formula is C26H22ClF2N3. The Morgan fingerprint density at radius 2 is 1.62 bits per heavy atom. The smallest absolute Gasteiger partial charge is 0.126 e. The van der Waals surface area contributed by atoms with E-state index in [4.69, 9.17) is 11.6 Å². The van der Waals surface area contributed by atoms with E-state index in [0.29, 0.717) is 22.6 Å². The van der Waals surface area contributed by atoms with Gasteiger partial charge in [-0.25, -0.2) is 8.78 Å². The van der Waals surface area contributed by atoms with Crippen LogP contribution in [0, 0.1) is 34.3 Å². The Balaban J connectivity index is 1.93. The molecule has 0 heterocycles. The van der Waals surface area contributed by atoms with Crippen LogP contribution in [0.15, 0.2) is 66.7 Å². The zero-order chi connectivity index (χ0) is 23.1. The molecule has 3 nitrogen and oxygen atoms in total. The highest BCUT2D eigenvalue weighted by Crippen LogP contribution is 2.29. The molecule has 3 aromatic rings. The van der Waals surface area contributed by atoms with Crippen LogP contribution in [0.5, 0.6) is 0 Å². The highest BCUT2D eigenvalue weighted by Gasteiger charge is 2.24. The predicted molar refractivity (Wildman–Crippen MR) is 121 cm³/mol. The molecule has 0 aliphatic carbocycles. The first-order valence-electron chi connectivity index (χ1n) is 10.2. The van der Waals surface area contributed by atoms with Crippen molar-refractivity contribution in [2.45, 2.75) is 37.8 Å². The number of nitriles is 2. The first-order chi connectivity index (χ1) is 15.4. The van der Waals surface area contributed by atoms with E-state index in [2.05, 4.69) is 17.5 Å². The van der Waals surface area contributed by atoms with E-state index in [1.54, 1.807) is 6.07 Å². The van der Waals surface area contributed by atoms with Crippen molar-refractivity contribution < 1.29 is 8.78 Å². The summed E-state index contributed by atoms with van der Waals surface area (Å²) in [6, 6.07) is 21.8. The Hall–Kier alpha value is -3.25. The van der Waals surface area contributed by atoms with Gasteiger partial charge in [0.05, 0.1) is 24.1 Å². The van der Waals surface area contributed by atoms with E-state index >= 15 is 0 Å². The van der Waals surface area contributed by atoms with Gasteiger partial charge in [0.2, 0.25) is 0 Å². The van der Waals surface area contributed by atoms with Crippen molar-refractivity contribution in [3.63, 3.8) is 0 Å². The van der Waals surface area contributed by atoms with E-state index in [9.17, 15) is 19.3 Å². The molecule has 0 fully saturated rings. The van der Waals surface area contributed by atoms with Crippen LogP contribution in [0.3, 0.4) is 0 Å². The lowest BCUT2D eigenvalue weighted by Crippen LogP contribution is -2.36. The molecular weight excluding hydrogens is 428 g/mol. The maximum absolute atomic E-state index is 13.8. The Labute approximate surface area is 191 Å². The molecule has 1 unspecified atom stereocenters. The molecule has 6 heteroatoms. The number of hydrogen-bond donors (Lipinski definition) is 1. The van der Waals surface area contributed by atoms with E-state index in [0.717, 1.165) is 17.2 Å². The van der Waals surface area contributed by atoms with Crippen LogP contribution >= 0.6 is 11.6 Å². The van der Waals surface area contributed by atoms with Crippen LogP contribution in [0.2, 0.25) is 5.02 Å². The Bertz CT molecular complexity index is 1130. The molecule has 0 bridgehead atoms. The van der Waals surface area contributed by atoms with Gasteiger partial charge < -0.3 is 5.32 Å². The number of benzene rings is 3. The third-order valence-corrected chi connectivity index (χ3v) is 5.72. The van der Waals surface area contributed by atoms with Crippen molar-refractivity contribution in [1.82, 2.24) is 5.32 Å². The molecule has 0 amide bonds. The molecule has 162 valence electrons. The fourth-order valence-corrected chi connectivity index (χ4v) is 4.00. The average molecular weight is 450 g/mol. The molecule has 1 N–H and O–H groups in total. The molecule has 0 aromatic heterocycles. The molecule has 0 aliphatic heterocycles.